The number of pyridine rings is 1. The normalized spacial score (nSPS) is 10.9. The average molecular weight is 282 g/mol. The first kappa shape index (κ1) is 13.3. The number of carbonyl (C=O) groups is 1. The van der Waals surface area contributed by atoms with Gasteiger partial charge in [0.05, 0.1) is 12.2 Å². The Morgan fingerprint density at radius 2 is 1.95 bits per heavy atom. The molecule has 0 amide bonds. The van der Waals surface area contributed by atoms with E-state index in [9.17, 15) is 9.90 Å². The van der Waals surface area contributed by atoms with Crippen LogP contribution in [0.1, 0.15) is 21.5 Å². The molecule has 0 saturated carbocycles. The third kappa shape index (κ3) is 2.51. The number of benzene rings is 1. The van der Waals surface area contributed by atoms with Crippen molar-refractivity contribution < 1.29 is 15.0 Å². The lowest BCUT2D eigenvalue weighted by molar-refractivity contribution is 0.0697. The maximum atomic E-state index is 10.8. The van der Waals surface area contributed by atoms with Crippen molar-refractivity contribution in [1.29, 1.82) is 0 Å². The lowest BCUT2D eigenvalue weighted by Gasteiger charge is -2.05. The summed E-state index contributed by atoms with van der Waals surface area (Å²) in [6, 6.07) is 10.5. The Morgan fingerprint density at radius 3 is 2.62 bits per heavy atom. The van der Waals surface area contributed by atoms with Crippen LogP contribution in [0.4, 0.5) is 0 Å². The molecule has 2 aromatic heterocycles. The lowest BCUT2D eigenvalue weighted by Crippen LogP contribution is -2.01. The van der Waals surface area contributed by atoms with Gasteiger partial charge >= 0.3 is 5.97 Å². The van der Waals surface area contributed by atoms with Gasteiger partial charge in [-0.1, -0.05) is 12.1 Å². The van der Waals surface area contributed by atoms with Gasteiger partial charge in [-0.25, -0.2) is 9.78 Å². The van der Waals surface area contributed by atoms with Crippen LogP contribution < -0.4 is 0 Å². The van der Waals surface area contributed by atoms with Crippen molar-refractivity contribution in [3.63, 3.8) is 0 Å². The topological polar surface area (TPSA) is 75.3 Å². The number of rotatable bonds is 4. The number of carboxylic acids is 1. The summed E-state index contributed by atoms with van der Waals surface area (Å²) < 4.78 is 1.96. The lowest BCUT2D eigenvalue weighted by atomic mass is 10.1. The van der Waals surface area contributed by atoms with Gasteiger partial charge in [-0.3, -0.25) is 0 Å². The number of nitrogens with zero attached hydrogens (tertiary/aromatic N) is 2. The van der Waals surface area contributed by atoms with E-state index in [1.807, 2.05) is 22.9 Å². The third-order valence-corrected chi connectivity index (χ3v) is 3.44. The van der Waals surface area contributed by atoms with Gasteiger partial charge in [-0.15, -0.1) is 0 Å². The van der Waals surface area contributed by atoms with E-state index in [1.54, 1.807) is 30.5 Å². The van der Waals surface area contributed by atoms with E-state index >= 15 is 0 Å². The fourth-order valence-corrected chi connectivity index (χ4v) is 2.39. The van der Waals surface area contributed by atoms with Gasteiger partial charge in [-0.05, 0) is 29.8 Å². The summed E-state index contributed by atoms with van der Waals surface area (Å²) in [5, 5.41) is 19.2. The average Bonchev–Trinajstić information content (AvgIpc) is 2.86. The molecule has 0 aliphatic heterocycles. The van der Waals surface area contributed by atoms with Gasteiger partial charge in [0.15, 0.2) is 0 Å². The summed E-state index contributed by atoms with van der Waals surface area (Å²) in [5.41, 5.74) is 2.89. The first-order chi connectivity index (χ1) is 10.2. The summed E-state index contributed by atoms with van der Waals surface area (Å²) >= 11 is 0. The van der Waals surface area contributed by atoms with Crippen LogP contribution in [0.3, 0.4) is 0 Å². The molecule has 106 valence electrons. The number of fused-ring (bicyclic) bond motifs is 1. The molecule has 0 fully saturated rings. The van der Waals surface area contributed by atoms with E-state index in [1.165, 1.54) is 0 Å². The number of aromatic carboxylic acids is 1. The molecular formula is C16H14N2O3. The minimum Gasteiger partial charge on any atom is -0.478 e. The molecule has 0 saturated heterocycles. The molecule has 5 nitrogen and oxygen atoms in total. The number of carboxylic acid groups (broad SMARTS) is 1. The zero-order chi connectivity index (χ0) is 14.8. The van der Waals surface area contributed by atoms with E-state index in [4.69, 9.17) is 5.11 Å². The molecule has 0 atom stereocenters. The molecule has 2 heterocycles. The zero-order valence-corrected chi connectivity index (χ0v) is 11.2. The Morgan fingerprint density at radius 1 is 1.19 bits per heavy atom. The van der Waals surface area contributed by atoms with Crippen LogP contribution in [0.5, 0.6) is 0 Å². The van der Waals surface area contributed by atoms with E-state index in [-0.39, 0.29) is 12.2 Å². The highest BCUT2D eigenvalue weighted by Crippen LogP contribution is 2.20. The van der Waals surface area contributed by atoms with Crippen LogP contribution in [0, 0.1) is 0 Å². The monoisotopic (exact) mass is 282 g/mol. The first-order valence-corrected chi connectivity index (χ1v) is 6.55. The fourth-order valence-electron chi connectivity index (χ4n) is 2.39. The van der Waals surface area contributed by atoms with Crippen molar-refractivity contribution in [1.82, 2.24) is 9.55 Å². The summed E-state index contributed by atoms with van der Waals surface area (Å²) in [6.45, 7) is 0.542. The van der Waals surface area contributed by atoms with Crippen molar-refractivity contribution in [2.45, 2.75) is 13.2 Å². The Bertz CT molecular complexity index is 791. The first-order valence-electron chi connectivity index (χ1n) is 6.55. The Balaban J connectivity index is 1.96. The van der Waals surface area contributed by atoms with Gasteiger partial charge in [0, 0.05) is 29.9 Å². The van der Waals surface area contributed by atoms with Gasteiger partial charge in [0.25, 0.3) is 0 Å². The van der Waals surface area contributed by atoms with Gasteiger partial charge in [-0.2, -0.15) is 0 Å². The maximum Gasteiger partial charge on any atom is 0.335 e. The van der Waals surface area contributed by atoms with Crippen LogP contribution >= 0.6 is 0 Å². The second kappa shape index (κ2) is 5.38. The van der Waals surface area contributed by atoms with Crippen LogP contribution in [-0.4, -0.2) is 25.7 Å². The third-order valence-electron chi connectivity index (χ3n) is 3.44. The van der Waals surface area contributed by atoms with E-state index in [2.05, 4.69) is 4.98 Å². The predicted molar refractivity (Wildman–Crippen MR) is 78.2 cm³/mol. The van der Waals surface area contributed by atoms with E-state index in [0.29, 0.717) is 6.54 Å². The summed E-state index contributed by atoms with van der Waals surface area (Å²) in [6.07, 6.45) is 3.59. The smallest absolute Gasteiger partial charge is 0.335 e. The molecule has 21 heavy (non-hydrogen) atoms. The molecule has 0 spiro atoms. The SMILES string of the molecule is O=C(O)c1ccc(Cn2cc(CO)c3cccnc32)cc1. The van der Waals surface area contributed by atoms with Crippen molar-refractivity contribution in [3.8, 4) is 0 Å². The quantitative estimate of drug-likeness (QED) is 0.769. The molecule has 0 radical (unpaired) electrons. The zero-order valence-electron chi connectivity index (χ0n) is 11.2. The van der Waals surface area contributed by atoms with Crippen molar-refractivity contribution >= 4 is 17.0 Å². The van der Waals surface area contributed by atoms with Crippen molar-refractivity contribution in [2.24, 2.45) is 0 Å². The molecule has 2 N–H and O–H groups in total. The van der Waals surface area contributed by atoms with Crippen LogP contribution in [0.15, 0.2) is 48.8 Å². The maximum absolute atomic E-state index is 10.8. The van der Waals surface area contributed by atoms with Crippen LogP contribution in [0.2, 0.25) is 0 Å². The Hall–Kier alpha value is -2.66. The minimum atomic E-state index is -0.933. The highest BCUT2D eigenvalue weighted by Gasteiger charge is 2.09. The van der Waals surface area contributed by atoms with E-state index in [0.717, 1.165) is 22.2 Å². The molecule has 0 aliphatic rings. The number of aromatic nitrogens is 2. The molecule has 1 aromatic carbocycles. The van der Waals surface area contributed by atoms with Gasteiger partial charge < -0.3 is 14.8 Å². The number of hydrogen-bond acceptors (Lipinski definition) is 3. The standard InChI is InChI=1S/C16H14N2O3/c19-10-13-9-18(15-14(13)2-1-7-17-15)8-11-3-5-12(6-4-11)16(20)21/h1-7,9,19H,8,10H2,(H,20,21). The summed E-state index contributed by atoms with van der Waals surface area (Å²) in [7, 11) is 0. The number of hydrogen-bond donors (Lipinski definition) is 2. The predicted octanol–water partition coefficient (Wildman–Crippen LogP) is 2.28. The highest BCUT2D eigenvalue weighted by molar-refractivity contribution is 5.87. The summed E-state index contributed by atoms with van der Waals surface area (Å²) in [5.74, 6) is -0.933. The highest BCUT2D eigenvalue weighted by atomic mass is 16.4. The van der Waals surface area contributed by atoms with Gasteiger partial charge in [0.1, 0.15) is 5.65 Å². The molecule has 0 bridgehead atoms. The largest absolute Gasteiger partial charge is 0.478 e. The van der Waals surface area contributed by atoms with E-state index < -0.39 is 5.97 Å². The number of aliphatic hydroxyl groups excluding tert-OH is 1. The number of aliphatic hydroxyl groups is 1. The molecule has 0 unspecified atom stereocenters. The summed E-state index contributed by atoms with van der Waals surface area (Å²) in [4.78, 5) is 15.2. The molecular weight excluding hydrogens is 268 g/mol. The van der Waals surface area contributed by atoms with Crippen molar-refractivity contribution in [2.75, 3.05) is 0 Å². The molecule has 3 aromatic rings. The minimum absolute atomic E-state index is 0.0346. The molecule has 5 heteroatoms. The van der Waals surface area contributed by atoms with Crippen LogP contribution in [-0.2, 0) is 13.2 Å². The Kier molecular flexibility index (Phi) is 3.41. The van der Waals surface area contributed by atoms with Crippen molar-refractivity contribution in [3.05, 3.63) is 65.5 Å². The molecule has 3 rings (SSSR count). The molecule has 0 aliphatic carbocycles. The second-order valence-electron chi connectivity index (χ2n) is 4.82. The van der Waals surface area contributed by atoms with Crippen LogP contribution in [0.25, 0.3) is 11.0 Å². The fraction of sp³-hybridized carbons (Fsp3) is 0.125. The Labute approximate surface area is 121 Å². The second-order valence-corrected chi connectivity index (χ2v) is 4.82. The van der Waals surface area contributed by atoms with Gasteiger partial charge in [0.2, 0.25) is 0 Å².